The number of likely N-dealkylation sites (N-methyl/N-ethyl adjacent to an activating group) is 1. The molecule has 1 aliphatic heterocycles. The Labute approximate surface area is 204 Å². The van der Waals surface area contributed by atoms with Gasteiger partial charge in [0.2, 0.25) is 0 Å². The zero-order valence-electron chi connectivity index (χ0n) is 19.2. The van der Waals surface area contributed by atoms with Crippen LogP contribution in [0.4, 0.5) is 23.7 Å². The lowest BCUT2D eigenvalue weighted by molar-refractivity contribution is -0.137. The van der Waals surface area contributed by atoms with Crippen LogP contribution in [-0.4, -0.2) is 23.8 Å². The first-order valence-corrected chi connectivity index (χ1v) is 11.3. The van der Waals surface area contributed by atoms with E-state index in [-0.39, 0.29) is 17.9 Å². The van der Waals surface area contributed by atoms with Crippen LogP contribution >= 0.6 is 0 Å². The molecule has 6 nitrogen and oxygen atoms in total. The molecule has 5 rings (SSSR count). The maximum absolute atomic E-state index is 13.7. The van der Waals surface area contributed by atoms with Gasteiger partial charge in [-0.3, -0.25) is 9.69 Å². The number of hydrogen-bond acceptors (Lipinski definition) is 4. The molecule has 0 radical (unpaired) electrons. The number of ketones is 1. The van der Waals surface area contributed by atoms with Gasteiger partial charge in [-0.2, -0.15) is 18.4 Å². The molecule has 0 saturated heterocycles. The lowest BCUT2D eigenvalue weighted by Crippen LogP contribution is -2.50. The Kier molecular flexibility index (Phi) is 5.67. The molecule has 36 heavy (non-hydrogen) atoms. The lowest BCUT2D eigenvalue weighted by Gasteiger charge is -2.44. The molecule has 1 aromatic heterocycles. The molecule has 3 aromatic rings. The Hall–Kier alpha value is -4.32. The summed E-state index contributed by atoms with van der Waals surface area (Å²) < 4.78 is 45.5. The maximum atomic E-state index is 13.7. The SMILES string of the molecule is CN1C(=O)N(c2cccc(C(F)(F)F)c2)C2=C(C(=O)CCC2)C1c1ccc(C#N)cc1-c1ccoc1. The van der Waals surface area contributed by atoms with Gasteiger partial charge in [-0.25, -0.2) is 4.79 Å². The van der Waals surface area contributed by atoms with E-state index < -0.39 is 23.8 Å². The molecule has 182 valence electrons. The summed E-state index contributed by atoms with van der Waals surface area (Å²) in [6.45, 7) is 0. The summed E-state index contributed by atoms with van der Waals surface area (Å²) in [6, 6.07) is 12.0. The zero-order chi connectivity index (χ0) is 25.6. The molecular formula is C27H20F3N3O3. The van der Waals surface area contributed by atoms with Gasteiger partial charge in [-0.05, 0) is 60.4 Å². The third-order valence-electron chi connectivity index (χ3n) is 6.59. The van der Waals surface area contributed by atoms with Gasteiger partial charge >= 0.3 is 12.2 Å². The normalized spacial score (nSPS) is 18.4. The highest BCUT2D eigenvalue weighted by Gasteiger charge is 2.44. The van der Waals surface area contributed by atoms with Gasteiger partial charge in [0.05, 0.1) is 41.5 Å². The van der Waals surface area contributed by atoms with Crippen molar-refractivity contribution in [1.82, 2.24) is 4.90 Å². The summed E-state index contributed by atoms with van der Waals surface area (Å²) in [5, 5.41) is 9.44. The highest BCUT2D eigenvalue weighted by Crippen LogP contribution is 2.46. The fourth-order valence-electron chi connectivity index (χ4n) is 4.95. The van der Waals surface area contributed by atoms with Gasteiger partial charge < -0.3 is 9.32 Å². The average molecular weight is 491 g/mol. The van der Waals surface area contributed by atoms with E-state index in [1.165, 1.54) is 41.5 Å². The van der Waals surface area contributed by atoms with E-state index in [1.807, 2.05) is 0 Å². The fraction of sp³-hybridized carbons (Fsp3) is 0.222. The van der Waals surface area contributed by atoms with Crippen molar-refractivity contribution >= 4 is 17.5 Å². The molecule has 2 amide bonds. The van der Waals surface area contributed by atoms with E-state index in [0.717, 1.165) is 12.1 Å². The number of allylic oxidation sites excluding steroid dienone is 1. The fourth-order valence-corrected chi connectivity index (χ4v) is 4.95. The third kappa shape index (κ3) is 3.85. The van der Waals surface area contributed by atoms with Gasteiger partial charge in [0, 0.05) is 30.3 Å². The zero-order valence-corrected chi connectivity index (χ0v) is 19.2. The summed E-state index contributed by atoms with van der Waals surface area (Å²) in [5.41, 5.74) is 2.27. The van der Waals surface area contributed by atoms with Crippen molar-refractivity contribution in [3.63, 3.8) is 0 Å². The molecule has 2 aliphatic rings. The second-order valence-electron chi connectivity index (χ2n) is 8.74. The van der Waals surface area contributed by atoms with Crippen LogP contribution in [0.15, 0.2) is 76.7 Å². The monoisotopic (exact) mass is 491 g/mol. The van der Waals surface area contributed by atoms with Gasteiger partial charge in [-0.15, -0.1) is 0 Å². The molecule has 9 heteroatoms. The Morgan fingerprint density at radius 1 is 1.08 bits per heavy atom. The number of urea groups is 1. The van der Waals surface area contributed by atoms with Crippen LogP contribution in [0.5, 0.6) is 0 Å². The number of carbonyl (C=O) groups excluding carboxylic acids is 2. The summed E-state index contributed by atoms with van der Waals surface area (Å²) in [7, 11) is 1.52. The van der Waals surface area contributed by atoms with Gasteiger partial charge in [0.15, 0.2) is 5.78 Å². The minimum Gasteiger partial charge on any atom is -0.472 e. The predicted octanol–water partition coefficient (Wildman–Crippen LogP) is 6.46. The number of carbonyl (C=O) groups is 2. The first-order chi connectivity index (χ1) is 17.2. The number of nitrogens with zero attached hydrogens (tertiary/aromatic N) is 3. The van der Waals surface area contributed by atoms with E-state index in [0.29, 0.717) is 46.4 Å². The largest absolute Gasteiger partial charge is 0.472 e. The molecule has 1 aliphatic carbocycles. The van der Waals surface area contributed by atoms with E-state index >= 15 is 0 Å². The number of furan rings is 1. The third-order valence-corrected chi connectivity index (χ3v) is 6.59. The van der Waals surface area contributed by atoms with Gasteiger partial charge in [0.1, 0.15) is 0 Å². The Bertz CT molecular complexity index is 1430. The van der Waals surface area contributed by atoms with E-state index in [4.69, 9.17) is 4.42 Å². The first kappa shape index (κ1) is 23.4. The Morgan fingerprint density at radius 3 is 2.58 bits per heavy atom. The van der Waals surface area contributed by atoms with Crippen LogP contribution in [-0.2, 0) is 11.0 Å². The molecule has 1 atom stereocenters. The van der Waals surface area contributed by atoms with Crippen molar-refractivity contribution in [3.05, 3.63) is 89.0 Å². The van der Waals surface area contributed by atoms with Crippen molar-refractivity contribution in [3.8, 4) is 17.2 Å². The van der Waals surface area contributed by atoms with Gasteiger partial charge in [-0.1, -0.05) is 12.1 Å². The summed E-state index contributed by atoms with van der Waals surface area (Å²) in [4.78, 5) is 29.6. The molecular weight excluding hydrogens is 471 g/mol. The second kappa shape index (κ2) is 8.72. The van der Waals surface area contributed by atoms with Crippen LogP contribution in [0.3, 0.4) is 0 Å². The van der Waals surface area contributed by atoms with Crippen molar-refractivity contribution in [2.24, 2.45) is 0 Å². The Balaban J connectivity index is 1.72. The second-order valence-corrected chi connectivity index (χ2v) is 8.74. The van der Waals surface area contributed by atoms with Crippen molar-refractivity contribution in [2.45, 2.75) is 31.5 Å². The summed E-state index contributed by atoms with van der Waals surface area (Å²) in [5.74, 6) is -0.167. The van der Waals surface area contributed by atoms with Crippen molar-refractivity contribution in [2.75, 3.05) is 11.9 Å². The number of benzene rings is 2. The van der Waals surface area contributed by atoms with Crippen LogP contribution in [0, 0.1) is 11.3 Å². The summed E-state index contributed by atoms with van der Waals surface area (Å²) in [6.07, 6.45) is -0.462. The topological polar surface area (TPSA) is 77.5 Å². The minimum atomic E-state index is -4.58. The standard InChI is InChI=1S/C27H20F3N3O3/c1-32-25(20-9-8-16(14-31)12-21(20)17-10-11-36-15-17)24-22(6-3-7-23(24)34)33(26(32)35)19-5-2-4-18(13-19)27(28,29)30/h2,4-5,8-13,15,25H,3,6-7H2,1H3. The average Bonchev–Trinajstić information content (AvgIpc) is 3.40. The predicted molar refractivity (Wildman–Crippen MR) is 125 cm³/mol. The van der Waals surface area contributed by atoms with Crippen molar-refractivity contribution in [1.29, 1.82) is 5.26 Å². The van der Waals surface area contributed by atoms with Crippen LogP contribution in [0.1, 0.15) is 42.0 Å². The molecule has 2 heterocycles. The Morgan fingerprint density at radius 2 is 1.89 bits per heavy atom. The van der Waals surface area contributed by atoms with E-state index in [1.54, 1.807) is 24.3 Å². The molecule has 0 saturated carbocycles. The van der Waals surface area contributed by atoms with Gasteiger partial charge in [0.25, 0.3) is 0 Å². The summed E-state index contributed by atoms with van der Waals surface area (Å²) >= 11 is 0. The smallest absolute Gasteiger partial charge is 0.416 e. The molecule has 0 bridgehead atoms. The first-order valence-electron chi connectivity index (χ1n) is 11.3. The number of amides is 2. The number of Topliss-reactive ketones (excluding diaryl/α,β-unsaturated/α-hetero) is 1. The molecule has 0 N–H and O–H groups in total. The lowest BCUT2D eigenvalue weighted by atomic mass is 9.81. The van der Waals surface area contributed by atoms with Crippen LogP contribution < -0.4 is 4.90 Å². The highest BCUT2D eigenvalue weighted by molar-refractivity contribution is 6.06. The maximum Gasteiger partial charge on any atom is 0.416 e. The number of halogens is 3. The van der Waals surface area contributed by atoms with E-state index in [9.17, 15) is 28.0 Å². The number of hydrogen-bond donors (Lipinski definition) is 0. The minimum absolute atomic E-state index is 0.0530. The number of rotatable bonds is 3. The highest BCUT2D eigenvalue weighted by atomic mass is 19.4. The molecule has 2 aromatic carbocycles. The van der Waals surface area contributed by atoms with Crippen molar-refractivity contribution < 1.29 is 27.2 Å². The number of anilines is 1. The van der Waals surface area contributed by atoms with Crippen LogP contribution in [0.25, 0.3) is 11.1 Å². The molecule has 1 unspecified atom stereocenters. The molecule has 0 spiro atoms. The quantitative estimate of drug-likeness (QED) is 0.421. The van der Waals surface area contributed by atoms with E-state index in [2.05, 4.69) is 6.07 Å². The van der Waals surface area contributed by atoms with Crippen LogP contribution in [0.2, 0.25) is 0 Å². The number of nitriles is 1. The molecule has 0 fully saturated rings. The number of alkyl halides is 3.